The maximum absolute atomic E-state index is 13.1. The average molecular weight is 1500 g/mol. The van der Waals surface area contributed by atoms with Gasteiger partial charge in [0.25, 0.3) is 0 Å². The van der Waals surface area contributed by atoms with Gasteiger partial charge in [0, 0.05) is 19.3 Å². The number of carbonyl (C=O) groups excluding carboxylic acids is 4. The second-order valence-electron chi connectivity index (χ2n) is 26.2. The van der Waals surface area contributed by atoms with Crippen LogP contribution in [-0.4, -0.2) is 96.7 Å². The van der Waals surface area contributed by atoms with Crippen LogP contribution >= 0.6 is 15.6 Å². The van der Waals surface area contributed by atoms with Crippen LogP contribution in [0.15, 0.2) is 146 Å². The summed E-state index contributed by atoms with van der Waals surface area (Å²) in [4.78, 5) is 73.0. The minimum absolute atomic E-state index is 0.0717. The van der Waals surface area contributed by atoms with Gasteiger partial charge in [-0.2, -0.15) is 0 Å². The van der Waals surface area contributed by atoms with Gasteiger partial charge in [0.05, 0.1) is 32.8 Å². The van der Waals surface area contributed by atoms with Gasteiger partial charge in [0.1, 0.15) is 19.3 Å². The lowest BCUT2D eigenvalue weighted by atomic mass is 10.0. The van der Waals surface area contributed by atoms with Crippen molar-refractivity contribution in [3.63, 3.8) is 0 Å². The molecule has 19 heteroatoms. The molecular formula is C85H142O17P2. The summed E-state index contributed by atoms with van der Waals surface area (Å²) in [5.74, 6) is -2.35. The van der Waals surface area contributed by atoms with Crippen molar-refractivity contribution in [2.45, 2.75) is 329 Å². The molecule has 0 spiro atoms. The molecule has 0 aliphatic rings. The smallest absolute Gasteiger partial charge is 0.462 e. The molecule has 0 aromatic carbocycles. The molecule has 594 valence electrons. The number of phosphoric acid groups is 2. The molecular weight excluding hydrogens is 1350 g/mol. The number of aliphatic hydroxyl groups is 1. The largest absolute Gasteiger partial charge is 0.472 e. The summed E-state index contributed by atoms with van der Waals surface area (Å²) in [6.07, 6.45) is 87.1. The third kappa shape index (κ3) is 75.2. The molecule has 104 heavy (non-hydrogen) atoms. The molecule has 3 N–H and O–H groups in total. The first kappa shape index (κ1) is 98.9. The maximum Gasteiger partial charge on any atom is 0.472 e. The summed E-state index contributed by atoms with van der Waals surface area (Å²) in [5.41, 5.74) is 0. The number of hydrogen-bond acceptors (Lipinski definition) is 15. The third-order valence-corrected chi connectivity index (χ3v) is 18.2. The fraction of sp³-hybridized carbons (Fsp3) is 0.671. The Balaban J connectivity index is 5.43. The quantitative estimate of drug-likeness (QED) is 0.0169. The fourth-order valence-electron chi connectivity index (χ4n) is 10.4. The Bertz CT molecular complexity index is 2540. The van der Waals surface area contributed by atoms with Crippen LogP contribution in [0.1, 0.15) is 310 Å². The zero-order valence-electron chi connectivity index (χ0n) is 64.9. The molecule has 0 aromatic heterocycles. The van der Waals surface area contributed by atoms with Crippen molar-refractivity contribution in [1.29, 1.82) is 0 Å². The normalized spacial score (nSPS) is 14.6. The number of esters is 4. The summed E-state index contributed by atoms with van der Waals surface area (Å²) in [5, 5.41) is 10.6. The van der Waals surface area contributed by atoms with Crippen molar-refractivity contribution >= 4 is 39.5 Å². The first-order chi connectivity index (χ1) is 50.7. The second-order valence-corrected chi connectivity index (χ2v) is 29.1. The minimum Gasteiger partial charge on any atom is -0.462 e. The fourth-order valence-corrected chi connectivity index (χ4v) is 11.9. The van der Waals surface area contributed by atoms with E-state index in [0.29, 0.717) is 25.7 Å². The Hall–Kier alpha value is -5.06. The first-order valence-electron chi connectivity index (χ1n) is 40.1. The Morgan fingerprint density at radius 1 is 0.288 bits per heavy atom. The van der Waals surface area contributed by atoms with Crippen LogP contribution in [0.2, 0.25) is 0 Å². The number of allylic oxidation sites excluding steroid dienone is 23. The number of carbonyl (C=O) groups is 4. The van der Waals surface area contributed by atoms with Crippen LogP contribution in [-0.2, 0) is 65.4 Å². The molecule has 0 aliphatic heterocycles. The number of aliphatic hydroxyl groups excluding tert-OH is 1. The van der Waals surface area contributed by atoms with Gasteiger partial charge in [-0.3, -0.25) is 37.3 Å². The van der Waals surface area contributed by atoms with Gasteiger partial charge >= 0.3 is 39.5 Å². The lowest BCUT2D eigenvalue weighted by molar-refractivity contribution is -0.161. The van der Waals surface area contributed by atoms with Gasteiger partial charge in [-0.25, -0.2) is 9.13 Å². The van der Waals surface area contributed by atoms with Crippen LogP contribution in [0.3, 0.4) is 0 Å². The third-order valence-electron chi connectivity index (χ3n) is 16.3. The maximum atomic E-state index is 13.1. The molecule has 5 unspecified atom stereocenters. The van der Waals surface area contributed by atoms with Crippen LogP contribution in [0.25, 0.3) is 0 Å². The van der Waals surface area contributed by atoms with Crippen molar-refractivity contribution in [3.8, 4) is 0 Å². The van der Waals surface area contributed by atoms with Crippen LogP contribution in [0.5, 0.6) is 0 Å². The van der Waals surface area contributed by atoms with Gasteiger partial charge in [-0.15, -0.1) is 0 Å². The Morgan fingerprint density at radius 3 is 0.856 bits per heavy atom. The van der Waals surface area contributed by atoms with E-state index in [2.05, 4.69) is 149 Å². The first-order valence-corrected chi connectivity index (χ1v) is 43.1. The summed E-state index contributed by atoms with van der Waals surface area (Å²) < 4.78 is 68.5. The topological polar surface area (TPSA) is 237 Å². The highest BCUT2D eigenvalue weighted by molar-refractivity contribution is 7.47. The predicted octanol–water partition coefficient (Wildman–Crippen LogP) is 23.4. The highest BCUT2D eigenvalue weighted by Crippen LogP contribution is 2.45. The SMILES string of the molecule is CC/C=C\C/C=C\C/C=C\C/C=C\C/C=C\CC(=O)OCC(COP(=O)(O)OCC(O)COP(=O)(O)OCC(COC(=O)CCCCCCCC/C=C\C/C=C\C/C=C\C/C=C\CC)OC(=O)CCCCCCCCC/C=C\C/C=C\C/C=C\CC)OC(=O)CCCCCCCCCCCCCCC. The molecule has 0 aliphatic carbocycles. The van der Waals surface area contributed by atoms with Crippen molar-refractivity contribution in [3.05, 3.63) is 146 Å². The Morgan fingerprint density at radius 2 is 0.538 bits per heavy atom. The van der Waals surface area contributed by atoms with Gasteiger partial charge < -0.3 is 33.8 Å². The van der Waals surface area contributed by atoms with E-state index < -0.39 is 97.5 Å². The van der Waals surface area contributed by atoms with Gasteiger partial charge in [-0.05, 0) is 122 Å². The van der Waals surface area contributed by atoms with Gasteiger partial charge in [-0.1, -0.05) is 308 Å². The van der Waals surface area contributed by atoms with E-state index in [9.17, 15) is 43.2 Å². The monoisotopic (exact) mass is 1500 g/mol. The van der Waals surface area contributed by atoms with E-state index in [-0.39, 0.29) is 25.7 Å². The molecule has 0 saturated heterocycles. The summed E-state index contributed by atoms with van der Waals surface area (Å²) in [6.45, 7) is 4.41. The van der Waals surface area contributed by atoms with Gasteiger partial charge in [0.2, 0.25) is 0 Å². The summed E-state index contributed by atoms with van der Waals surface area (Å²) >= 11 is 0. The van der Waals surface area contributed by atoms with Crippen molar-refractivity contribution in [1.82, 2.24) is 0 Å². The van der Waals surface area contributed by atoms with E-state index in [4.69, 9.17) is 37.0 Å². The number of unbranched alkanes of at least 4 members (excludes halogenated alkanes) is 25. The molecule has 0 saturated carbocycles. The summed E-state index contributed by atoms with van der Waals surface area (Å²) in [7, 11) is -9.99. The zero-order chi connectivity index (χ0) is 76.0. The van der Waals surface area contributed by atoms with Crippen molar-refractivity contribution in [2.24, 2.45) is 0 Å². The molecule has 0 bridgehead atoms. The molecule has 0 rings (SSSR count). The number of rotatable bonds is 74. The lowest BCUT2D eigenvalue weighted by Gasteiger charge is -2.21. The van der Waals surface area contributed by atoms with E-state index in [1.165, 1.54) is 51.4 Å². The zero-order valence-corrected chi connectivity index (χ0v) is 66.7. The average Bonchev–Trinajstić information content (AvgIpc) is 0.916. The lowest BCUT2D eigenvalue weighted by Crippen LogP contribution is -2.30. The van der Waals surface area contributed by atoms with Crippen molar-refractivity contribution < 1.29 is 80.2 Å². The standard InChI is InChI=1S/C85H142O17P2/c1-5-9-13-17-21-25-29-33-36-38-39-41-43-47-50-54-58-62-66-70-83(88)96-76-81(102-85(90)72-68-64-60-56-52-48-44-40-37-34-30-26-22-18-14-10-6-2)78-100-104(93,94)98-74-79(86)73-97-103(91,92)99-77-80(101-84(89)71-67-63-59-55-51-45-32-28-24-20-16-12-8-4)75-95-82(87)69-65-61-57-53-49-46-42-35-31-27-23-19-15-11-7-3/h9-11,13-15,21-23,25-27,33-37,39,41-42,49,53,61,65,79-81,86H,5-8,12,16-20,24,28-32,38,40,43-48,50-52,54-60,62-64,66-78H2,1-4H3,(H,91,92)(H,93,94)/b13-9-,14-10-,15-11-,25-21-,26-22-,27-23-,36-33-,37-34-,41-39-,42-35-,53-49-,65-61-. The van der Waals surface area contributed by atoms with E-state index in [1.54, 1.807) is 6.08 Å². The molecule has 0 fully saturated rings. The van der Waals surface area contributed by atoms with Crippen LogP contribution in [0.4, 0.5) is 0 Å². The number of phosphoric ester groups is 2. The van der Waals surface area contributed by atoms with Crippen molar-refractivity contribution in [2.75, 3.05) is 39.6 Å². The Kier molecular flexibility index (Phi) is 72.4. The van der Waals surface area contributed by atoms with Gasteiger partial charge in [0.15, 0.2) is 12.2 Å². The molecule has 17 nitrogen and oxygen atoms in total. The van der Waals surface area contributed by atoms with Crippen LogP contribution in [0, 0.1) is 0 Å². The summed E-state index contributed by atoms with van der Waals surface area (Å²) in [6, 6.07) is 0. The molecule has 0 heterocycles. The number of ether oxygens (including phenoxy) is 4. The molecule has 0 aromatic rings. The predicted molar refractivity (Wildman–Crippen MR) is 427 cm³/mol. The molecule has 0 amide bonds. The molecule has 5 atom stereocenters. The Labute approximate surface area is 630 Å². The van der Waals surface area contributed by atoms with E-state index >= 15 is 0 Å². The minimum atomic E-state index is -5.00. The second kappa shape index (κ2) is 76.1. The van der Waals surface area contributed by atoms with E-state index in [1.807, 2.05) is 18.2 Å². The molecule has 0 radical (unpaired) electrons. The highest BCUT2D eigenvalue weighted by atomic mass is 31.2. The van der Waals surface area contributed by atoms with Crippen LogP contribution < -0.4 is 0 Å². The number of hydrogen-bond donors (Lipinski definition) is 3. The highest BCUT2D eigenvalue weighted by Gasteiger charge is 2.30. The van der Waals surface area contributed by atoms with E-state index in [0.717, 1.165) is 180 Å².